The van der Waals surface area contributed by atoms with Crippen molar-refractivity contribution in [3.8, 4) is 5.75 Å². The SMILES string of the molecule is COc1cccc2c1C(=O)C(CBr)=C(Br)C2=O. The zero-order valence-electron chi connectivity index (χ0n) is 8.92. The van der Waals surface area contributed by atoms with Crippen LogP contribution < -0.4 is 4.74 Å². The Kier molecular flexibility index (Phi) is 3.49. The van der Waals surface area contributed by atoms with E-state index in [-0.39, 0.29) is 11.6 Å². The lowest BCUT2D eigenvalue weighted by Gasteiger charge is -2.18. The normalized spacial score (nSPS) is 15.0. The number of hydrogen-bond acceptors (Lipinski definition) is 3. The highest BCUT2D eigenvalue weighted by Gasteiger charge is 2.32. The first kappa shape index (κ1) is 12.5. The van der Waals surface area contributed by atoms with Crippen LogP contribution in [0.4, 0.5) is 0 Å². The van der Waals surface area contributed by atoms with Crippen molar-refractivity contribution in [3.05, 3.63) is 39.4 Å². The monoisotopic (exact) mass is 358 g/mol. The fourth-order valence-corrected chi connectivity index (χ4v) is 3.19. The van der Waals surface area contributed by atoms with E-state index in [1.807, 2.05) is 0 Å². The highest BCUT2D eigenvalue weighted by Crippen LogP contribution is 2.35. The topological polar surface area (TPSA) is 43.4 Å². The number of halogens is 2. The maximum atomic E-state index is 12.2. The highest BCUT2D eigenvalue weighted by molar-refractivity contribution is 9.12. The summed E-state index contributed by atoms with van der Waals surface area (Å²) in [4.78, 5) is 24.3. The first-order valence-electron chi connectivity index (χ1n) is 4.82. The lowest BCUT2D eigenvalue weighted by atomic mass is 9.89. The number of methoxy groups -OCH3 is 1. The van der Waals surface area contributed by atoms with E-state index in [2.05, 4.69) is 31.9 Å². The van der Waals surface area contributed by atoms with E-state index in [0.29, 0.717) is 32.3 Å². The Labute approximate surface area is 115 Å². The molecule has 0 saturated carbocycles. The minimum atomic E-state index is -0.187. The van der Waals surface area contributed by atoms with E-state index in [0.717, 1.165) is 0 Å². The number of carbonyl (C=O) groups is 2. The van der Waals surface area contributed by atoms with Crippen molar-refractivity contribution in [2.75, 3.05) is 12.4 Å². The van der Waals surface area contributed by atoms with E-state index >= 15 is 0 Å². The van der Waals surface area contributed by atoms with Crippen LogP contribution in [0.5, 0.6) is 5.75 Å². The molecular weight excluding hydrogens is 352 g/mol. The molecule has 0 unspecified atom stereocenters. The number of Topliss-reactive ketones (excluding diaryl/α,β-unsaturated/α-hetero) is 2. The van der Waals surface area contributed by atoms with Gasteiger partial charge in [0.1, 0.15) is 5.75 Å². The summed E-state index contributed by atoms with van der Waals surface area (Å²) in [6, 6.07) is 5.00. The van der Waals surface area contributed by atoms with Gasteiger partial charge in [0.2, 0.25) is 5.78 Å². The Hall–Kier alpha value is -0.940. The van der Waals surface area contributed by atoms with E-state index in [1.54, 1.807) is 18.2 Å². The van der Waals surface area contributed by atoms with Crippen LogP contribution in [-0.4, -0.2) is 24.0 Å². The molecule has 0 bridgehead atoms. The number of hydrogen-bond donors (Lipinski definition) is 0. The predicted molar refractivity (Wildman–Crippen MR) is 71.4 cm³/mol. The molecule has 2 rings (SSSR count). The van der Waals surface area contributed by atoms with Gasteiger partial charge in [0.25, 0.3) is 0 Å². The zero-order chi connectivity index (χ0) is 12.6. The summed E-state index contributed by atoms with van der Waals surface area (Å²) in [5.74, 6) is 0.0630. The van der Waals surface area contributed by atoms with Gasteiger partial charge in [-0.05, 0) is 28.1 Å². The van der Waals surface area contributed by atoms with Crippen molar-refractivity contribution in [1.29, 1.82) is 0 Å². The fraction of sp³-hybridized carbons (Fsp3) is 0.167. The number of ether oxygens (including phenoxy) is 1. The molecule has 1 aliphatic carbocycles. The maximum Gasteiger partial charge on any atom is 0.201 e. The van der Waals surface area contributed by atoms with Gasteiger partial charge in [0.05, 0.1) is 17.2 Å². The largest absolute Gasteiger partial charge is 0.496 e. The number of rotatable bonds is 2. The van der Waals surface area contributed by atoms with Crippen LogP contribution in [0.3, 0.4) is 0 Å². The van der Waals surface area contributed by atoms with Gasteiger partial charge in [0, 0.05) is 16.5 Å². The number of benzene rings is 1. The molecule has 0 spiro atoms. The number of fused-ring (bicyclic) bond motifs is 1. The summed E-state index contributed by atoms with van der Waals surface area (Å²) >= 11 is 6.39. The van der Waals surface area contributed by atoms with Gasteiger partial charge in [-0.3, -0.25) is 9.59 Å². The molecule has 0 N–H and O–H groups in total. The first-order chi connectivity index (χ1) is 8.11. The summed E-state index contributed by atoms with van der Waals surface area (Å²) < 4.78 is 5.45. The minimum Gasteiger partial charge on any atom is -0.496 e. The second kappa shape index (κ2) is 4.74. The van der Waals surface area contributed by atoms with Crippen LogP contribution in [0, 0.1) is 0 Å². The molecule has 1 aromatic carbocycles. The minimum absolute atomic E-state index is 0.180. The average Bonchev–Trinajstić information content (AvgIpc) is 2.36. The molecule has 0 saturated heterocycles. The average molecular weight is 360 g/mol. The van der Waals surface area contributed by atoms with Crippen LogP contribution in [0.2, 0.25) is 0 Å². The Balaban J connectivity index is 2.73. The molecule has 0 radical (unpaired) electrons. The molecule has 0 aromatic heterocycles. The molecule has 0 fully saturated rings. The standard InChI is InChI=1S/C12H8Br2O3/c1-17-8-4-2-3-6-9(8)11(15)7(5-13)10(14)12(6)16/h2-4H,5H2,1H3. The van der Waals surface area contributed by atoms with Crippen molar-refractivity contribution >= 4 is 43.4 Å². The second-order valence-corrected chi connectivity index (χ2v) is 4.82. The summed E-state index contributed by atoms with van der Waals surface area (Å²) in [7, 11) is 1.48. The number of ketones is 2. The fourth-order valence-electron chi connectivity index (χ4n) is 1.75. The Morgan fingerprint density at radius 2 is 1.94 bits per heavy atom. The summed E-state index contributed by atoms with van der Waals surface area (Å²) in [5, 5.41) is 0.329. The lowest BCUT2D eigenvalue weighted by Crippen LogP contribution is -2.21. The van der Waals surface area contributed by atoms with Gasteiger partial charge in [-0.15, -0.1) is 0 Å². The van der Waals surface area contributed by atoms with Gasteiger partial charge in [-0.2, -0.15) is 0 Å². The highest BCUT2D eigenvalue weighted by atomic mass is 79.9. The van der Waals surface area contributed by atoms with Crippen LogP contribution in [0.15, 0.2) is 28.3 Å². The van der Waals surface area contributed by atoms with E-state index < -0.39 is 0 Å². The van der Waals surface area contributed by atoms with Gasteiger partial charge >= 0.3 is 0 Å². The third-order valence-electron chi connectivity index (χ3n) is 2.59. The Morgan fingerprint density at radius 1 is 1.24 bits per heavy atom. The van der Waals surface area contributed by atoms with Gasteiger partial charge < -0.3 is 4.74 Å². The van der Waals surface area contributed by atoms with Crippen LogP contribution in [0.25, 0.3) is 0 Å². The molecule has 5 heteroatoms. The molecule has 0 heterocycles. The van der Waals surface area contributed by atoms with Crippen LogP contribution in [-0.2, 0) is 0 Å². The number of carbonyl (C=O) groups excluding carboxylic acids is 2. The van der Waals surface area contributed by atoms with E-state index in [9.17, 15) is 9.59 Å². The van der Waals surface area contributed by atoms with Crippen LogP contribution in [0.1, 0.15) is 20.7 Å². The molecule has 0 amide bonds. The van der Waals surface area contributed by atoms with E-state index in [4.69, 9.17) is 4.74 Å². The summed E-state index contributed by atoms with van der Waals surface area (Å²) in [6.45, 7) is 0. The molecule has 17 heavy (non-hydrogen) atoms. The van der Waals surface area contributed by atoms with Crippen molar-refractivity contribution in [1.82, 2.24) is 0 Å². The van der Waals surface area contributed by atoms with Gasteiger partial charge in [-0.1, -0.05) is 22.0 Å². The van der Waals surface area contributed by atoms with Crippen molar-refractivity contribution in [2.24, 2.45) is 0 Å². The summed E-state index contributed by atoms with van der Waals surface area (Å²) in [6.07, 6.45) is 0. The molecule has 0 atom stereocenters. The Bertz CT molecular complexity index is 547. The zero-order valence-corrected chi connectivity index (χ0v) is 12.1. The number of alkyl halides is 1. The first-order valence-corrected chi connectivity index (χ1v) is 6.74. The molecular formula is C12H8Br2O3. The quantitative estimate of drug-likeness (QED) is 0.762. The van der Waals surface area contributed by atoms with Crippen LogP contribution >= 0.6 is 31.9 Å². The van der Waals surface area contributed by atoms with E-state index in [1.165, 1.54) is 7.11 Å². The maximum absolute atomic E-state index is 12.2. The molecule has 1 aromatic rings. The summed E-state index contributed by atoms with van der Waals surface area (Å²) in [5.41, 5.74) is 1.15. The lowest BCUT2D eigenvalue weighted by molar-refractivity contribution is 0.0980. The third-order valence-corrected chi connectivity index (χ3v) is 3.99. The number of allylic oxidation sites excluding steroid dienone is 2. The third kappa shape index (κ3) is 1.87. The molecule has 3 nitrogen and oxygen atoms in total. The smallest absolute Gasteiger partial charge is 0.201 e. The van der Waals surface area contributed by atoms with Crippen molar-refractivity contribution in [2.45, 2.75) is 0 Å². The van der Waals surface area contributed by atoms with Gasteiger partial charge in [-0.25, -0.2) is 0 Å². The van der Waals surface area contributed by atoms with Gasteiger partial charge in [0.15, 0.2) is 5.78 Å². The Morgan fingerprint density at radius 3 is 2.53 bits per heavy atom. The predicted octanol–water partition coefficient (Wildman–Crippen LogP) is 3.12. The molecule has 0 aliphatic heterocycles. The van der Waals surface area contributed by atoms with Crippen molar-refractivity contribution < 1.29 is 14.3 Å². The second-order valence-electron chi connectivity index (χ2n) is 3.47. The molecule has 88 valence electrons. The molecule has 1 aliphatic rings. The van der Waals surface area contributed by atoms with Crippen molar-refractivity contribution in [3.63, 3.8) is 0 Å².